The second-order valence-electron chi connectivity index (χ2n) is 11.9. The zero-order valence-corrected chi connectivity index (χ0v) is 25.3. The van der Waals surface area contributed by atoms with E-state index in [1.54, 1.807) is 58.9 Å². The van der Waals surface area contributed by atoms with Crippen LogP contribution in [0.4, 0.5) is 39.5 Å². The highest BCUT2D eigenvalue weighted by Gasteiger charge is 2.54. The van der Waals surface area contributed by atoms with Crippen LogP contribution in [-0.2, 0) is 28.2 Å². The lowest BCUT2D eigenvalue weighted by Crippen LogP contribution is -2.49. The summed E-state index contributed by atoms with van der Waals surface area (Å²) in [6, 6.07) is -1.51. The minimum atomic E-state index is -5.16. The molecule has 0 rings (SSSR count). The molecule has 0 aliphatic carbocycles. The van der Waals surface area contributed by atoms with E-state index in [1.165, 1.54) is 0 Å². The highest BCUT2D eigenvalue weighted by molar-refractivity contribution is 6.76. The van der Waals surface area contributed by atoms with Crippen LogP contribution in [0.5, 0.6) is 0 Å². The summed E-state index contributed by atoms with van der Waals surface area (Å²) < 4.78 is 148. The van der Waals surface area contributed by atoms with E-state index in [0.29, 0.717) is 0 Å². The molecule has 0 spiro atoms. The molecule has 3 unspecified atom stereocenters. The number of halogens is 9. The second-order valence-corrected chi connectivity index (χ2v) is 28.5. The Balaban J connectivity index is 5.70. The van der Waals surface area contributed by atoms with Crippen molar-refractivity contribution in [2.75, 3.05) is 0 Å². The Morgan fingerprint density at radius 1 is 0.486 bits per heavy atom. The molecule has 0 aromatic rings. The van der Waals surface area contributed by atoms with Gasteiger partial charge in [-0.1, -0.05) is 58.9 Å². The number of hydrogen-bond acceptors (Lipinski definition) is 6. The van der Waals surface area contributed by atoms with E-state index in [4.69, 9.17) is 0 Å². The number of alkyl halides is 9. The van der Waals surface area contributed by atoms with Crippen molar-refractivity contribution in [3.8, 4) is 0 Å². The van der Waals surface area contributed by atoms with Gasteiger partial charge in [0, 0.05) is 0 Å². The maximum Gasteiger partial charge on any atom is 0.658 e. The molecule has 3 atom stereocenters. The van der Waals surface area contributed by atoms with Crippen molar-refractivity contribution in [1.29, 1.82) is 0 Å². The van der Waals surface area contributed by atoms with E-state index in [1.807, 2.05) is 0 Å². The van der Waals surface area contributed by atoms with Crippen LogP contribution >= 0.6 is 0 Å². The van der Waals surface area contributed by atoms with Crippen molar-refractivity contribution in [1.82, 2.24) is 0 Å². The molecule has 0 radical (unpaired) electrons. The second kappa shape index (κ2) is 13.5. The Morgan fingerprint density at radius 2 is 0.676 bits per heavy atom. The lowest BCUT2D eigenvalue weighted by Gasteiger charge is -2.29. The van der Waals surface area contributed by atoms with Crippen molar-refractivity contribution in [3.05, 3.63) is 0 Å². The predicted molar refractivity (Wildman–Crippen MR) is 126 cm³/mol. The molecule has 0 saturated heterocycles. The minimum absolute atomic E-state index is 0.503. The van der Waals surface area contributed by atoms with Crippen LogP contribution in [0.3, 0.4) is 0 Å². The van der Waals surface area contributed by atoms with Gasteiger partial charge in [-0.2, -0.15) is 0 Å². The van der Waals surface area contributed by atoms with Gasteiger partial charge in [-0.3, -0.25) is 14.2 Å². The van der Waals surface area contributed by atoms with Gasteiger partial charge < -0.3 is 14.0 Å². The van der Waals surface area contributed by atoms with Crippen LogP contribution in [0.1, 0.15) is 0 Å². The van der Waals surface area contributed by atoms with Crippen molar-refractivity contribution in [2.45, 2.75) is 115 Å². The van der Waals surface area contributed by atoms with E-state index < -0.39 is 87.6 Å². The van der Waals surface area contributed by atoms with Gasteiger partial charge in [-0.25, -0.2) is 13.2 Å². The van der Waals surface area contributed by atoms with Gasteiger partial charge in [0.15, 0.2) is 0 Å². The molecule has 0 aromatic carbocycles. The maximum atomic E-state index is 14.1. The van der Waals surface area contributed by atoms with Crippen LogP contribution < -0.4 is 0 Å². The van der Waals surface area contributed by atoms with Gasteiger partial charge in [-0.15, -0.1) is 26.3 Å². The quantitative estimate of drug-likeness (QED) is 0.0900. The number of ether oxygens (including phenoxy) is 3. The first-order valence-electron chi connectivity index (χ1n) is 11.2. The molecule has 0 saturated carbocycles. The van der Waals surface area contributed by atoms with Gasteiger partial charge >= 0.3 is 26.2 Å². The van der Waals surface area contributed by atoms with E-state index in [0.717, 1.165) is 0 Å². The molecule has 37 heavy (non-hydrogen) atoms. The van der Waals surface area contributed by atoms with Gasteiger partial charge in [0.25, 0.3) is 0 Å². The Hall–Kier alpha value is -0.154. The van der Waals surface area contributed by atoms with Crippen molar-refractivity contribution in [3.63, 3.8) is 0 Å². The van der Waals surface area contributed by atoms with Crippen LogP contribution in [0, 0.1) is 0 Å². The zero-order chi connectivity index (χ0) is 29.7. The van der Waals surface area contributed by atoms with Crippen LogP contribution in [0.15, 0.2) is 0 Å². The Morgan fingerprint density at radius 3 is 0.838 bits per heavy atom. The van der Waals surface area contributed by atoms with E-state index >= 15 is 0 Å². The summed E-state index contributed by atoms with van der Waals surface area (Å²) in [5.41, 5.74) is 0. The summed E-state index contributed by atoms with van der Waals surface area (Å²) >= 11 is 0. The first kappa shape index (κ1) is 36.8. The molecule has 222 valence electrons. The molecular formula is C18H36BF9O6Si3. The van der Waals surface area contributed by atoms with Crippen LogP contribution in [-0.4, -0.2) is 69.5 Å². The summed E-state index contributed by atoms with van der Waals surface area (Å²) in [5.74, 6) is 0. The fourth-order valence-electron chi connectivity index (χ4n) is 2.51. The molecule has 0 fully saturated rings. The zero-order valence-electron chi connectivity index (χ0n) is 22.3. The summed E-state index contributed by atoms with van der Waals surface area (Å²) in [6.45, 7) is 14.3. The number of rotatable bonds is 18. The monoisotopic (exact) mass is 614 g/mol. The first-order valence-corrected chi connectivity index (χ1v) is 22.3. The molecule has 6 nitrogen and oxygen atoms in total. The average Bonchev–Trinajstić information content (AvgIpc) is 2.43. The van der Waals surface area contributed by atoms with Gasteiger partial charge in [0.2, 0.25) is 19.1 Å². The van der Waals surface area contributed by atoms with E-state index in [-0.39, 0.29) is 0 Å². The Kier molecular flexibility index (Phi) is 13.4. The summed E-state index contributed by atoms with van der Waals surface area (Å²) in [6.07, 6.45) is -23.5. The van der Waals surface area contributed by atoms with Gasteiger partial charge in [0.05, 0.1) is 24.2 Å². The lowest BCUT2D eigenvalue weighted by atomic mass is 10.2. The molecule has 0 aliphatic rings. The van der Waals surface area contributed by atoms with Crippen molar-refractivity contribution >= 4 is 31.5 Å². The van der Waals surface area contributed by atoms with Crippen molar-refractivity contribution in [2.24, 2.45) is 0 Å². The molecule has 0 N–H and O–H groups in total. The SMILES string of the molecule is C[Si](C)(C)CC(F)OC(F)(F)OB(OC(F)(F)OC(F)C[Si](C)(C)C)OC(F)(F)OC(F)C[Si](C)(C)C. The predicted octanol–water partition coefficient (Wildman–Crippen LogP) is 7.62. The fraction of sp³-hybridized carbons (Fsp3) is 1.00. The molecule has 0 aliphatic heterocycles. The third kappa shape index (κ3) is 20.4. The molecule has 0 aromatic heterocycles. The topological polar surface area (TPSA) is 55.4 Å². The first-order chi connectivity index (χ1) is 16.1. The molecular weight excluding hydrogens is 578 g/mol. The van der Waals surface area contributed by atoms with E-state index in [2.05, 4.69) is 28.2 Å². The molecule has 19 heteroatoms. The number of hydrogen-bond donors (Lipinski definition) is 0. The van der Waals surface area contributed by atoms with Crippen LogP contribution in [0.2, 0.25) is 77.1 Å². The van der Waals surface area contributed by atoms with Gasteiger partial charge in [-0.05, 0) is 18.1 Å². The fourth-order valence-corrected chi connectivity index (χ4v) is 5.65. The average molecular weight is 615 g/mol. The molecule has 0 heterocycles. The van der Waals surface area contributed by atoms with Crippen molar-refractivity contribution < 1.29 is 67.7 Å². The summed E-state index contributed by atoms with van der Waals surface area (Å²) in [7, 11) is -10.8. The standard InChI is InChI=1S/C18H36BF9O6Si3/c1-35(2,3)10-13(20)29-16(23,24)32-19(33-17(25,26)30-14(21)11-36(4,5)6)34-18(27,28)31-15(22)12-37(7,8)9/h13-15H,10-12H2,1-9H3. The highest BCUT2D eigenvalue weighted by atomic mass is 28.3. The van der Waals surface area contributed by atoms with Gasteiger partial charge in [0.1, 0.15) is 0 Å². The summed E-state index contributed by atoms with van der Waals surface area (Å²) in [5, 5.41) is 0. The van der Waals surface area contributed by atoms with Crippen LogP contribution in [0.25, 0.3) is 0 Å². The third-order valence-electron chi connectivity index (χ3n) is 3.81. The smallest absolute Gasteiger partial charge is 0.301 e. The molecule has 0 amide bonds. The van der Waals surface area contributed by atoms with E-state index in [9.17, 15) is 39.5 Å². The lowest BCUT2D eigenvalue weighted by molar-refractivity contribution is -0.441. The summed E-state index contributed by atoms with van der Waals surface area (Å²) in [4.78, 5) is 0. The third-order valence-corrected chi connectivity index (χ3v) is 8.45. The molecule has 0 bridgehead atoms. The Bertz CT molecular complexity index is 603. The Labute approximate surface area is 214 Å². The highest BCUT2D eigenvalue weighted by Crippen LogP contribution is 2.33. The minimum Gasteiger partial charge on any atom is -0.301 e. The largest absolute Gasteiger partial charge is 0.658 e. The maximum absolute atomic E-state index is 14.1. The normalized spacial score (nSPS) is 17.0.